The molecule has 5 aromatic rings. The Morgan fingerprint density at radius 3 is 2.52 bits per heavy atom. The highest BCUT2D eigenvalue weighted by molar-refractivity contribution is 6.30. The summed E-state index contributed by atoms with van der Waals surface area (Å²) >= 11 is 5.97. The van der Waals surface area contributed by atoms with Gasteiger partial charge in [-0.15, -0.1) is 0 Å². The normalized spacial score (nSPS) is 21.4. The number of halogens is 5. The van der Waals surface area contributed by atoms with Crippen molar-refractivity contribution in [3.05, 3.63) is 88.0 Å². The van der Waals surface area contributed by atoms with Crippen LogP contribution in [0.4, 0.5) is 17.6 Å². The highest BCUT2D eigenvalue weighted by atomic mass is 35.5. The fourth-order valence-electron chi connectivity index (χ4n) is 6.80. The average molecular weight is 684 g/mol. The zero-order valence-electron chi connectivity index (χ0n) is 25.8. The van der Waals surface area contributed by atoms with Crippen LogP contribution >= 0.6 is 11.6 Å². The first-order valence-electron chi connectivity index (χ1n) is 15.8. The molecule has 48 heavy (non-hydrogen) atoms. The van der Waals surface area contributed by atoms with E-state index in [1.165, 1.54) is 18.2 Å². The summed E-state index contributed by atoms with van der Waals surface area (Å²) in [4.78, 5) is 10.8. The lowest BCUT2D eigenvalue weighted by molar-refractivity contribution is -0.0712. The molecule has 2 fully saturated rings. The molecule has 0 spiro atoms. The fourth-order valence-corrected chi connectivity index (χ4v) is 6.95. The van der Waals surface area contributed by atoms with E-state index in [2.05, 4.69) is 19.6 Å². The first-order valence-corrected chi connectivity index (χ1v) is 16.1. The van der Waals surface area contributed by atoms with Crippen LogP contribution in [-0.4, -0.2) is 50.4 Å². The Kier molecular flexibility index (Phi) is 7.80. The van der Waals surface area contributed by atoms with E-state index in [1.807, 2.05) is 22.8 Å². The van der Waals surface area contributed by atoms with Crippen molar-refractivity contribution >= 4 is 22.6 Å². The number of para-hydroxylation sites is 1. The molecule has 0 saturated carbocycles. The molecule has 250 valence electrons. The number of benzene rings is 3. The van der Waals surface area contributed by atoms with Crippen LogP contribution in [0.25, 0.3) is 22.4 Å². The highest BCUT2D eigenvalue weighted by Gasteiger charge is 2.43. The maximum atomic E-state index is 15.3. The minimum Gasteiger partial charge on any atom is -0.444 e. The standard InChI is InChI=1S/C34H30ClF4N5O4/c1-34(23-6-5-19(35)13-25(23)37)46-28-4-2-3-21(30(28)47-34)18-7-10-43(11-8-18)17-29-40-26-14-22(32-41-33(31(38)39)48-42-32)24(36)15-27(26)44(29)16-20-9-12-45-20/h2-6,13-15,18,20,31H,7-12,16-17H2,1H3/t20-,34?/m0/s1. The van der Waals surface area contributed by atoms with Gasteiger partial charge in [0.15, 0.2) is 11.5 Å². The van der Waals surface area contributed by atoms with E-state index < -0.39 is 29.7 Å². The largest absolute Gasteiger partial charge is 0.444 e. The summed E-state index contributed by atoms with van der Waals surface area (Å²) in [5, 5.41) is 3.84. The Morgan fingerprint density at radius 2 is 1.81 bits per heavy atom. The van der Waals surface area contributed by atoms with Gasteiger partial charge in [-0.2, -0.15) is 13.8 Å². The van der Waals surface area contributed by atoms with Gasteiger partial charge in [0.25, 0.3) is 11.7 Å². The van der Waals surface area contributed by atoms with E-state index >= 15 is 4.39 Å². The molecular formula is C34H30ClF4N5O4. The Bertz CT molecular complexity index is 2010. The van der Waals surface area contributed by atoms with Gasteiger partial charge < -0.3 is 23.3 Å². The first-order chi connectivity index (χ1) is 23.1. The summed E-state index contributed by atoms with van der Waals surface area (Å²) in [7, 11) is 0. The summed E-state index contributed by atoms with van der Waals surface area (Å²) in [6.45, 7) is 4.93. The smallest absolute Gasteiger partial charge is 0.315 e. The Balaban J connectivity index is 1.01. The lowest BCUT2D eigenvalue weighted by atomic mass is 9.88. The average Bonchev–Trinajstić information content (AvgIpc) is 3.74. The third kappa shape index (κ3) is 5.57. The molecule has 0 bridgehead atoms. The van der Waals surface area contributed by atoms with Crippen LogP contribution in [0.1, 0.15) is 61.4 Å². The summed E-state index contributed by atoms with van der Waals surface area (Å²) in [5.74, 6) is -1.51. The summed E-state index contributed by atoms with van der Waals surface area (Å²) in [6.07, 6.45) is -0.406. The zero-order chi connectivity index (χ0) is 33.2. The number of piperidine rings is 1. The third-order valence-corrected chi connectivity index (χ3v) is 9.62. The van der Waals surface area contributed by atoms with Crippen LogP contribution in [-0.2, 0) is 23.6 Å². The molecule has 0 aliphatic carbocycles. The van der Waals surface area contributed by atoms with Crippen molar-refractivity contribution in [3.8, 4) is 22.9 Å². The topological polar surface area (TPSA) is 87.7 Å². The molecule has 2 atom stereocenters. The van der Waals surface area contributed by atoms with Crippen molar-refractivity contribution in [1.29, 1.82) is 0 Å². The molecule has 5 heterocycles. The van der Waals surface area contributed by atoms with Crippen molar-refractivity contribution in [2.45, 2.75) is 63.5 Å². The Labute approximate surface area is 277 Å². The van der Waals surface area contributed by atoms with Crippen molar-refractivity contribution < 1.29 is 36.3 Å². The SMILES string of the molecule is CC1(c2ccc(Cl)cc2F)Oc2cccc(C3CCN(Cc4nc5cc(-c6noc(C(F)F)n6)c(F)cc5n4C[C@@H]4CCO4)CC3)c2O1. The number of likely N-dealkylation sites (tertiary alicyclic amines) is 1. The third-order valence-electron chi connectivity index (χ3n) is 9.39. The highest BCUT2D eigenvalue weighted by Crippen LogP contribution is 2.50. The van der Waals surface area contributed by atoms with Gasteiger partial charge in [0.1, 0.15) is 17.5 Å². The number of ether oxygens (including phenoxy) is 3. The molecule has 9 nitrogen and oxygen atoms in total. The van der Waals surface area contributed by atoms with Gasteiger partial charge in [0.2, 0.25) is 5.82 Å². The lowest BCUT2D eigenvalue weighted by Gasteiger charge is -2.33. The quantitative estimate of drug-likeness (QED) is 0.153. The molecule has 0 N–H and O–H groups in total. The second-order valence-electron chi connectivity index (χ2n) is 12.5. The number of hydrogen-bond acceptors (Lipinski definition) is 8. The van der Waals surface area contributed by atoms with Gasteiger partial charge in [0.05, 0.1) is 41.4 Å². The van der Waals surface area contributed by atoms with Gasteiger partial charge in [0, 0.05) is 30.2 Å². The van der Waals surface area contributed by atoms with E-state index in [-0.39, 0.29) is 29.0 Å². The molecule has 1 unspecified atom stereocenters. The van der Waals surface area contributed by atoms with Gasteiger partial charge in [-0.25, -0.2) is 13.8 Å². The van der Waals surface area contributed by atoms with Crippen LogP contribution in [0.15, 0.2) is 53.1 Å². The number of rotatable bonds is 8. The second-order valence-corrected chi connectivity index (χ2v) is 12.9. The fraction of sp³-hybridized carbons (Fsp3) is 0.382. The molecule has 14 heteroatoms. The molecule has 3 aliphatic rings. The predicted octanol–water partition coefficient (Wildman–Crippen LogP) is 7.77. The van der Waals surface area contributed by atoms with Crippen molar-refractivity contribution in [3.63, 3.8) is 0 Å². The summed E-state index contributed by atoms with van der Waals surface area (Å²) in [6, 6.07) is 13.0. The van der Waals surface area contributed by atoms with Crippen LogP contribution in [0.2, 0.25) is 5.02 Å². The van der Waals surface area contributed by atoms with Crippen LogP contribution < -0.4 is 9.47 Å². The van der Waals surface area contributed by atoms with Gasteiger partial charge in [-0.05, 0) is 68.6 Å². The molecule has 2 saturated heterocycles. The minimum atomic E-state index is -2.96. The summed E-state index contributed by atoms with van der Waals surface area (Å²) < 4.78 is 81.1. The van der Waals surface area contributed by atoms with E-state index in [1.54, 1.807) is 19.1 Å². The van der Waals surface area contributed by atoms with Crippen LogP contribution in [0.3, 0.4) is 0 Å². The van der Waals surface area contributed by atoms with Gasteiger partial charge in [-0.1, -0.05) is 28.9 Å². The predicted molar refractivity (Wildman–Crippen MR) is 166 cm³/mol. The first kappa shape index (κ1) is 31.1. The minimum absolute atomic E-state index is 0.00476. The van der Waals surface area contributed by atoms with E-state index in [0.717, 1.165) is 43.7 Å². The van der Waals surface area contributed by atoms with E-state index in [9.17, 15) is 13.2 Å². The Morgan fingerprint density at radius 1 is 1.00 bits per heavy atom. The maximum Gasteiger partial charge on any atom is 0.315 e. The maximum absolute atomic E-state index is 15.3. The Hall–Kier alpha value is -4.20. The molecule has 8 rings (SSSR count). The van der Waals surface area contributed by atoms with Crippen molar-refractivity contribution in [2.75, 3.05) is 19.7 Å². The second kappa shape index (κ2) is 12.0. The number of aromatic nitrogens is 4. The molecule has 0 radical (unpaired) electrons. The monoisotopic (exact) mass is 683 g/mol. The van der Waals surface area contributed by atoms with Gasteiger partial charge >= 0.3 is 6.43 Å². The van der Waals surface area contributed by atoms with Crippen LogP contribution in [0.5, 0.6) is 11.5 Å². The van der Waals surface area contributed by atoms with Crippen LogP contribution in [0, 0.1) is 11.6 Å². The zero-order valence-corrected chi connectivity index (χ0v) is 26.5. The number of fused-ring (bicyclic) bond motifs is 2. The van der Waals surface area contributed by atoms with Crippen molar-refractivity contribution in [2.24, 2.45) is 0 Å². The number of alkyl halides is 2. The van der Waals surface area contributed by atoms with Crippen molar-refractivity contribution in [1.82, 2.24) is 24.6 Å². The molecule has 2 aromatic heterocycles. The number of nitrogens with zero attached hydrogens (tertiary/aromatic N) is 5. The van der Waals surface area contributed by atoms with E-state index in [4.69, 9.17) is 30.8 Å². The van der Waals surface area contributed by atoms with E-state index in [0.29, 0.717) is 47.3 Å². The molecule has 3 aliphatic heterocycles. The number of hydrogen-bond donors (Lipinski definition) is 0. The molecule has 3 aromatic carbocycles. The van der Waals surface area contributed by atoms with Gasteiger partial charge in [-0.3, -0.25) is 4.90 Å². The number of imidazole rings is 1. The summed E-state index contributed by atoms with van der Waals surface area (Å²) in [5.41, 5.74) is 2.29. The molecular weight excluding hydrogens is 654 g/mol. The molecule has 0 amide bonds. The lowest BCUT2D eigenvalue weighted by Crippen LogP contribution is -2.35.